The summed E-state index contributed by atoms with van der Waals surface area (Å²) in [4.78, 5) is 13.5. The quantitative estimate of drug-likeness (QED) is 0.749. The number of rotatable bonds is 6. The average Bonchev–Trinajstić information content (AvgIpc) is 2.40. The Bertz CT molecular complexity index is 439. The van der Waals surface area contributed by atoms with E-state index in [1.807, 2.05) is 13.8 Å². The molecule has 5 heteroatoms. The van der Waals surface area contributed by atoms with Crippen LogP contribution in [-0.2, 0) is 16.1 Å². The summed E-state index contributed by atoms with van der Waals surface area (Å²) in [5, 5.41) is 0. The zero-order valence-corrected chi connectivity index (χ0v) is 13.0. The second kappa shape index (κ2) is 7.60. The number of esters is 1. The number of hydrogen-bond acceptors (Lipinski definition) is 3. The van der Waals surface area contributed by atoms with E-state index >= 15 is 0 Å². The van der Waals surface area contributed by atoms with Gasteiger partial charge in [-0.15, -0.1) is 0 Å². The van der Waals surface area contributed by atoms with Gasteiger partial charge in [-0.2, -0.15) is 0 Å². The van der Waals surface area contributed by atoms with E-state index in [1.165, 1.54) is 13.2 Å². The summed E-state index contributed by atoms with van der Waals surface area (Å²) in [6, 6.07) is 4.96. The molecule has 1 aromatic rings. The van der Waals surface area contributed by atoms with Gasteiger partial charge >= 0.3 is 5.97 Å². The first-order chi connectivity index (χ1) is 8.97. The SMILES string of the molecule is CCN(Cc1ccc(F)c(Br)c1)CC(C)C(=O)OC. The van der Waals surface area contributed by atoms with Gasteiger partial charge in [0.25, 0.3) is 0 Å². The third-order valence-corrected chi connectivity index (χ3v) is 3.58. The molecule has 106 valence electrons. The highest BCUT2D eigenvalue weighted by Gasteiger charge is 2.17. The Morgan fingerprint density at radius 1 is 1.53 bits per heavy atom. The first kappa shape index (κ1) is 16.1. The van der Waals surface area contributed by atoms with Crippen LogP contribution in [0.3, 0.4) is 0 Å². The van der Waals surface area contributed by atoms with Crippen molar-refractivity contribution in [2.24, 2.45) is 5.92 Å². The van der Waals surface area contributed by atoms with Gasteiger partial charge in [0, 0.05) is 13.1 Å². The molecular weight excluding hydrogens is 313 g/mol. The Kier molecular flexibility index (Phi) is 6.45. The Labute approximate surface area is 121 Å². The summed E-state index contributed by atoms with van der Waals surface area (Å²) in [7, 11) is 1.40. The summed E-state index contributed by atoms with van der Waals surface area (Å²) >= 11 is 3.18. The fourth-order valence-corrected chi connectivity index (χ4v) is 2.29. The standard InChI is InChI=1S/C14H19BrFNO2/c1-4-17(8-10(2)14(18)19-3)9-11-5-6-13(16)12(15)7-11/h5-7,10H,4,8-9H2,1-3H3. The highest BCUT2D eigenvalue weighted by molar-refractivity contribution is 9.10. The maximum Gasteiger partial charge on any atom is 0.309 e. The minimum absolute atomic E-state index is 0.172. The Morgan fingerprint density at radius 2 is 2.21 bits per heavy atom. The fourth-order valence-electron chi connectivity index (χ4n) is 1.86. The van der Waals surface area contributed by atoms with Gasteiger partial charge in [0.15, 0.2) is 0 Å². The fraction of sp³-hybridized carbons (Fsp3) is 0.500. The van der Waals surface area contributed by atoms with Gasteiger partial charge in [0.1, 0.15) is 5.82 Å². The number of nitrogens with zero attached hydrogens (tertiary/aromatic N) is 1. The lowest BCUT2D eigenvalue weighted by Crippen LogP contribution is -2.32. The molecule has 0 heterocycles. The molecule has 0 aliphatic carbocycles. The van der Waals surface area contributed by atoms with Crippen LogP contribution in [0.4, 0.5) is 4.39 Å². The zero-order valence-electron chi connectivity index (χ0n) is 11.5. The summed E-state index contributed by atoms with van der Waals surface area (Å²) in [5.74, 6) is -0.651. The highest BCUT2D eigenvalue weighted by Crippen LogP contribution is 2.18. The van der Waals surface area contributed by atoms with Crippen molar-refractivity contribution in [3.63, 3.8) is 0 Å². The Hall–Kier alpha value is -0.940. The number of halogens is 2. The third kappa shape index (κ3) is 4.91. The van der Waals surface area contributed by atoms with Crippen molar-refractivity contribution in [2.45, 2.75) is 20.4 Å². The number of methoxy groups -OCH3 is 1. The maximum absolute atomic E-state index is 13.2. The minimum atomic E-state index is -0.269. The molecule has 0 aliphatic rings. The molecule has 0 aromatic heterocycles. The van der Waals surface area contributed by atoms with Crippen LogP contribution in [0.5, 0.6) is 0 Å². The predicted molar refractivity (Wildman–Crippen MR) is 76.2 cm³/mol. The van der Waals surface area contributed by atoms with E-state index in [-0.39, 0.29) is 17.7 Å². The van der Waals surface area contributed by atoms with E-state index in [9.17, 15) is 9.18 Å². The van der Waals surface area contributed by atoms with Crippen molar-refractivity contribution in [3.05, 3.63) is 34.1 Å². The van der Waals surface area contributed by atoms with Crippen LogP contribution in [0.15, 0.2) is 22.7 Å². The molecule has 0 amide bonds. The first-order valence-corrected chi connectivity index (χ1v) is 7.01. The van der Waals surface area contributed by atoms with Gasteiger partial charge in [-0.05, 0) is 40.2 Å². The monoisotopic (exact) mass is 331 g/mol. The molecule has 0 saturated heterocycles. The third-order valence-electron chi connectivity index (χ3n) is 2.97. The molecule has 0 radical (unpaired) electrons. The first-order valence-electron chi connectivity index (χ1n) is 6.22. The van der Waals surface area contributed by atoms with Gasteiger partial charge in [0.05, 0.1) is 17.5 Å². The minimum Gasteiger partial charge on any atom is -0.469 e. The Morgan fingerprint density at radius 3 is 2.74 bits per heavy atom. The van der Waals surface area contributed by atoms with Crippen molar-refractivity contribution in [1.29, 1.82) is 0 Å². The molecule has 0 saturated carbocycles. The molecule has 19 heavy (non-hydrogen) atoms. The van der Waals surface area contributed by atoms with Crippen molar-refractivity contribution in [3.8, 4) is 0 Å². The van der Waals surface area contributed by atoms with Crippen LogP contribution in [0.25, 0.3) is 0 Å². The molecule has 0 bridgehead atoms. The molecule has 1 aromatic carbocycles. The summed E-state index contributed by atoms with van der Waals surface area (Å²) in [5.41, 5.74) is 1.01. The number of hydrogen-bond donors (Lipinski definition) is 0. The van der Waals surface area contributed by atoms with Gasteiger partial charge in [-0.25, -0.2) is 4.39 Å². The van der Waals surface area contributed by atoms with Crippen LogP contribution in [0.2, 0.25) is 0 Å². The van der Waals surface area contributed by atoms with Crippen molar-refractivity contribution in [2.75, 3.05) is 20.2 Å². The van der Waals surface area contributed by atoms with Gasteiger partial charge in [-0.1, -0.05) is 19.9 Å². The highest BCUT2D eigenvalue weighted by atomic mass is 79.9. The summed E-state index contributed by atoms with van der Waals surface area (Å²) in [6.45, 7) is 5.99. The lowest BCUT2D eigenvalue weighted by molar-refractivity contribution is -0.145. The number of ether oxygens (including phenoxy) is 1. The molecule has 0 spiro atoms. The largest absolute Gasteiger partial charge is 0.469 e. The van der Waals surface area contributed by atoms with Crippen molar-refractivity contribution in [1.82, 2.24) is 4.90 Å². The lowest BCUT2D eigenvalue weighted by atomic mass is 10.1. The topological polar surface area (TPSA) is 29.5 Å². The van der Waals surface area contributed by atoms with E-state index in [4.69, 9.17) is 4.74 Å². The predicted octanol–water partition coefficient (Wildman–Crippen LogP) is 3.22. The van der Waals surface area contributed by atoms with Crippen LogP contribution in [-0.4, -0.2) is 31.1 Å². The molecule has 1 atom stereocenters. The van der Waals surface area contributed by atoms with Gasteiger partial charge in [-0.3, -0.25) is 9.69 Å². The summed E-state index contributed by atoms with van der Waals surface area (Å²) < 4.78 is 18.3. The molecule has 1 rings (SSSR count). The van der Waals surface area contributed by atoms with E-state index in [2.05, 4.69) is 20.8 Å². The van der Waals surface area contributed by atoms with Gasteiger partial charge < -0.3 is 4.74 Å². The van der Waals surface area contributed by atoms with Crippen molar-refractivity contribution >= 4 is 21.9 Å². The lowest BCUT2D eigenvalue weighted by Gasteiger charge is -2.23. The number of carbonyl (C=O) groups is 1. The molecule has 3 nitrogen and oxygen atoms in total. The van der Waals surface area contributed by atoms with E-state index < -0.39 is 0 Å². The van der Waals surface area contributed by atoms with Crippen molar-refractivity contribution < 1.29 is 13.9 Å². The molecule has 0 N–H and O–H groups in total. The second-order valence-corrected chi connectivity index (χ2v) is 5.35. The average molecular weight is 332 g/mol. The molecule has 0 aliphatic heterocycles. The molecular formula is C14H19BrFNO2. The van der Waals surface area contributed by atoms with E-state index in [0.29, 0.717) is 17.6 Å². The zero-order chi connectivity index (χ0) is 14.4. The molecule has 0 fully saturated rings. The molecule has 1 unspecified atom stereocenters. The van der Waals surface area contributed by atoms with E-state index in [1.54, 1.807) is 12.1 Å². The normalized spacial score (nSPS) is 12.5. The van der Waals surface area contributed by atoms with Crippen LogP contribution in [0, 0.1) is 11.7 Å². The van der Waals surface area contributed by atoms with Gasteiger partial charge in [0.2, 0.25) is 0 Å². The number of carbonyl (C=O) groups excluding carboxylic acids is 1. The van der Waals surface area contributed by atoms with Crippen LogP contribution < -0.4 is 0 Å². The van der Waals surface area contributed by atoms with Crippen LogP contribution in [0.1, 0.15) is 19.4 Å². The Balaban J connectivity index is 2.66. The van der Waals surface area contributed by atoms with E-state index in [0.717, 1.165) is 12.1 Å². The maximum atomic E-state index is 13.2. The van der Waals surface area contributed by atoms with Crippen LogP contribution >= 0.6 is 15.9 Å². The number of benzene rings is 1. The smallest absolute Gasteiger partial charge is 0.309 e. The second-order valence-electron chi connectivity index (χ2n) is 4.50. The summed E-state index contributed by atoms with van der Waals surface area (Å²) in [6.07, 6.45) is 0.